The number of esters is 1. The first-order valence-electron chi connectivity index (χ1n) is 2.49. The molecule has 0 rings (SSSR count). The second kappa shape index (κ2) is 3.72. The predicted molar refractivity (Wildman–Crippen MR) is 31.9 cm³/mol. The lowest BCUT2D eigenvalue weighted by atomic mass is 10.5. The number of carbonyl (C=O) groups is 1. The highest BCUT2D eigenvalue weighted by Crippen LogP contribution is 1.95. The van der Waals surface area contributed by atoms with E-state index >= 15 is 0 Å². The third kappa shape index (κ3) is 2.86. The molecule has 0 N–H and O–H groups in total. The molecule has 0 radical (unpaired) electrons. The molecular weight excluding hydrogens is 128 g/mol. The van der Waals surface area contributed by atoms with Crippen LogP contribution in [0.1, 0.15) is 13.8 Å². The van der Waals surface area contributed by atoms with Crippen LogP contribution in [0.4, 0.5) is 0 Å². The molecule has 0 saturated carbocycles. The predicted octanol–water partition coefficient (Wildman–Crippen LogP) is 1.18. The molecule has 0 fully saturated rings. The maximum absolute atomic E-state index is 10.4. The summed E-state index contributed by atoms with van der Waals surface area (Å²) in [4.78, 5) is 10.4. The zero-order valence-electron chi connectivity index (χ0n) is 4.98. The quantitative estimate of drug-likeness (QED) is 0.421. The summed E-state index contributed by atoms with van der Waals surface area (Å²) in [6.07, 6.45) is 0. The van der Waals surface area contributed by atoms with Crippen LogP contribution < -0.4 is 0 Å². The van der Waals surface area contributed by atoms with Gasteiger partial charge in [0.25, 0.3) is 0 Å². The fraction of sp³-hybridized carbons (Fsp3) is 0.800. The minimum Gasteiger partial charge on any atom is -0.465 e. The van der Waals surface area contributed by atoms with E-state index in [0.29, 0.717) is 6.61 Å². The van der Waals surface area contributed by atoms with E-state index in [4.69, 9.17) is 11.6 Å². The third-order valence-corrected chi connectivity index (χ3v) is 0.790. The lowest BCUT2D eigenvalue weighted by Crippen LogP contribution is -2.13. The average molecular weight is 137 g/mol. The van der Waals surface area contributed by atoms with Gasteiger partial charge >= 0.3 is 5.97 Å². The highest BCUT2D eigenvalue weighted by Gasteiger charge is 2.07. The summed E-state index contributed by atoms with van der Waals surface area (Å²) in [7, 11) is 0. The van der Waals surface area contributed by atoms with Crippen molar-refractivity contribution in [1.29, 1.82) is 0 Å². The lowest BCUT2D eigenvalue weighted by molar-refractivity contribution is -0.142. The normalized spacial score (nSPS) is 12.9. The van der Waals surface area contributed by atoms with Crippen molar-refractivity contribution in [3.8, 4) is 0 Å². The second-order valence-corrected chi connectivity index (χ2v) is 2.02. The standard InChI is InChI=1S/C5H9ClO2/c1-3-8-5(7)4(2)6/h4H,3H2,1-2H3/t4-/m1/s1. The molecule has 0 aromatic rings. The van der Waals surface area contributed by atoms with E-state index in [-0.39, 0.29) is 5.97 Å². The Bertz CT molecular complexity index is 80.5. The second-order valence-electron chi connectivity index (χ2n) is 1.37. The summed E-state index contributed by atoms with van der Waals surface area (Å²) in [5, 5.41) is -0.519. The first kappa shape index (κ1) is 7.76. The van der Waals surface area contributed by atoms with E-state index < -0.39 is 5.38 Å². The number of halogens is 1. The monoisotopic (exact) mass is 136 g/mol. The van der Waals surface area contributed by atoms with Crippen LogP contribution in [0.15, 0.2) is 0 Å². The van der Waals surface area contributed by atoms with Gasteiger partial charge in [-0.3, -0.25) is 4.79 Å². The fourth-order valence-electron chi connectivity index (χ4n) is 0.257. The topological polar surface area (TPSA) is 26.3 Å². The van der Waals surface area contributed by atoms with Crippen molar-refractivity contribution in [2.45, 2.75) is 19.2 Å². The highest BCUT2D eigenvalue weighted by atomic mass is 35.5. The Hall–Kier alpha value is -0.240. The SMILES string of the molecule is CCOC(=O)[C@@H](C)Cl. The molecule has 0 bridgehead atoms. The van der Waals surface area contributed by atoms with Crippen LogP contribution in [0, 0.1) is 0 Å². The van der Waals surface area contributed by atoms with E-state index in [1.54, 1.807) is 13.8 Å². The van der Waals surface area contributed by atoms with Gasteiger partial charge in [-0.1, -0.05) is 0 Å². The number of alkyl halides is 1. The molecule has 0 aromatic heterocycles. The van der Waals surface area contributed by atoms with Gasteiger partial charge in [0.05, 0.1) is 6.61 Å². The van der Waals surface area contributed by atoms with Gasteiger partial charge in [-0.25, -0.2) is 0 Å². The lowest BCUT2D eigenvalue weighted by Gasteiger charge is -2.00. The highest BCUT2D eigenvalue weighted by molar-refractivity contribution is 6.29. The number of ether oxygens (including phenoxy) is 1. The Morgan fingerprint density at radius 3 is 2.50 bits per heavy atom. The third-order valence-electron chi connectivity index (χ3n) is 0.611. The van der Waals surface area contributed by atoms with Gasteiger partial charge in [0, 0.05) is 0 Å². The summed E-state index contributed by atoms with van der Waals surface area (Å²) in [6.45, 7) is 3.73. The van der Waals surface area contributed by atoms with Crippen molar-refractivity contribution >= 4 is 17.6 Å². The zero-order chi connectivity index (χ0) is 6.57. The number of hydrogen-bond donors (Lipinski definition) is 0. The summed E-state index contributed by atoms with van der Waals surface area (Å²) in [5.74, 6) is -0.353. The summed E-state index contributed by atoms with van der Waals surface area (Å²) in [6, 6.07) is 0. The largest absolute Gasteiger partial charge is 0.465 e. The van der Waals surface area contributed by atoms with E-state index in [2.05, 4.69) is 4.74 Å². The molecule has 0 aliphatic heterocycles. The molecule has 0 aliphatic rings. The number of rotatable bonds is 2. The van der Waals surface area contributed by atoms with Crippen LogP contribution in [0.2, 0.25) is 0 Å². The smallest absolute Gasteiger partial charge is 0.323 e. The van der Waals surface area contributed by atoms with Gasteiger partial charge < -0.3 is 4.74 Å². The molecule has 3 heteroatoms. The molecule has 0 spiro atoms. The van der Waals surface area contributed by atoms with Crippen LogP contribution in [0.25, 0.3) is 0 Å². The zero-order valence-corrected chi connectivity index (χ0v) is 5.73. The van der Waals surface area contributed by atoms with Crippen molar-refractivity contribution in [2.75, 3.05) is 6.61 Å². The van der Waals surface area contributed by atoms with E-state index in [1.165, 1.54) is 0 Å². The van der Waals surface area contributed by atoms with E-state index in [0.717, 1.165) is 0 Å². The Labute approximate surface area is 53.8 Å². The van der Waals surface area contributed by atoms with Crippen LogP contribution in [0.5, 0.6) is 0 Å². The molecule has 2 nitrogen and oxygen atoms in total. The Kier molecular flexibility index (Phi) is 3.61. The molecule has 1 atom stereocenters. The van der Waals surface area contributed by atoms with Crippen molar-refractivity contribution < 1.29 is 9.53 Å². The van der Waals surface area contributed by atoms with Crippen LogP contribution >= 0.6 is 11.6 Å². The Balaban J connectivity index is 3.33. The molecule has 0 aliphatic carbocycles. The van der Waals surface area contributed by atoms with Crippen molar-refractivity contribution in [2.24, 2.45) is 0 Å². The van der Waals surface area contributed by atoms with Gasteiger partial charge in [0.1, 0.15) is 5.38 Å². The fourth-order valence-corrected chi connectivity index (χ4v) is 0.320. The summed E-state index contributed by atoms with van der Waals surface area (Å²) < 4.78 is 4.53. The first-order valence-corrected chi connectivity index (χ1v) is 2.92. The Morgan fingerprint density at radius 2 is 2.38 bits per heavy atom. The maximum Gasteiger partial charge on any atom is 0.323 e. The first-order chi connectivity index (χ1) is 3.68. The molecule has 0 unspecified atom stereocenters. The van der Waals surface area contributed by atoms with Crippen molar-refractivity contribution in [3.63, 3.8) is 0 Å². The molecular formula is C5H9ClO2. The van der Waals surface area contributed by atoms with Gasteiger partial charge in [-0.05, 0) is 13.8 Å². The Morgan fingerprint density at radius 1 is 1.88 bits per heavy atom. The maximum atomic E-state index is 10.4. The van der Waals surface area contributed by atoms with Crippen molar-refractivity contribution in [3.05, 3.63) is 0 Å². The van der Waals surface area contributed by atoms with Crippen LogP contribution in [-0.4, -0.2) is 18.0 Å². The minimum absolute atomic E-state index is 0.353. The van der Waals surface area contributed by atoms with Crippen LogP contribution in [-0.2, 0) is 9.53 Å². The van der Waals surface area contributed by atoms with E-state index in [1.807, 2.05) is 0 Å². The van der Waals surface area contributed by atoms with E-state index in [9.17, 15) is 4.79 Å². The molecule has 0 heterocycles. The minimum atomic E-state index is -0.519. The number of carbonyl (C=O) groups excluding carboxylic acids is 1. The van der Waals surface area contributed by atoms with Crippen LogP contribution in [0.3, 0.4) is 0 Å². The van der Waals surface area contributed by atoms with Gasteiger partial charge in [-0.15, -0.1) is 11.6 Å². The van der Waals surface area contributed by atoms with Crippen molar-refractivity contribution in [1.82, 2.24) is 0 Å². The van der Waals surface area contributed by atoms with Gasteiger partial charge in [0.2, 0.25) is 0 Å². The van der Waals surface area contributed by atoms with Gasteiger partial charge in [-0.2, -0.15) is 0 Å². The molecule has 0 aromatic carbocycles. The summed E-state index contributed by atoms with van der Waals surface area (Å²) in [5.41, 5.74) is 0. The average Bonchev–Trinajstić information content (AvgIpc) is 1.67. The number of hydrogen-bond acceptors (Lipinski definition) is 2. The summed E-state index contributed by atoms with van der Waals surface area (Å²) >= 11 is 5.33. The molecule has 8 heavy (non-hydrogen) atoms. The molecule has 0 saturated heterocycles. The van der Waals surface area contributed by atoms with Gasteiger partial charge in [0.15, 0.2) is 0 Å². The molecule has 0 amide bonds. The molecule has 48 valence electrons.